The SMILES string of the molecule is CC(C)(C)N1C[C@@H](OCc2ccccc2)C[C@]1(C)Cc1ccccc1. The molecule has 0 aliphatic carbocycles. The van der Waals surface area contributed by atoms with Crippen molar-refractivity contribution >= 4 is 0 Å². The van der Waals surface area contributed by atoms with Gasteiger partial charge in [0.25, 0.3) is 0 Å². The van der Waals surface area contributed by atoms with Crippen LogP contribution in [-0.2, 0) is 17.8 Å². The van der Waals surface area contributed by atoms with Crippen molar-refractivity contribution in [1.29, 1.82) is 0 Å². The molecule has 2 aromatic rings. The molecule has 2 nitrogen and oxygen atoms in total. The van der Waals surface area contributed by atoms with E-state index in [1.165, 1.54) is 11.1 Å². The summed E-state index contributed by atoms with van der Waals surface area (Å²) in [6.07, 6.45) is 2.43. The van der Waals surface area contributed by atoms with E-state index in [4.69, 9.17) is 4.74 Å². The quantitative estimate of drug-likeness (QED) is 0.754. The van der Waals surface area contributed by atoms with Gasteiger partial charge in [-0.2, -0.15) is 0 Å². The van der Waals surface area contributed by atoms with E-state index in [1.54, 1.807) is 0 Å². The highest BCUT2D eigenvalue weighted by atomic mass is 16.5. The Balaban J connectivity index is 1.72. The molecule has 2 aromatic carbocycles. The van der Waals surface area contributed by atoms with Crippen LogP contribution in [0.2, 0.25) is 0 Å². The van der Waals surface area contributed by atoms with Crippen molar-refractivity contribution < 1.29 is 4.74 Å². The van der Waals surface area contributed by atoms with E-state index in [9.17, 15) is 0 Å². The number of likely N-dealkylation sites (tertiary alicyclic amines) is 1. The Morgan fingerprint density at radius 3 is 2.08 bits per heavy atom. The van der Waals surface area contributed by atoms with Gasteiger partial charge in [-0.1, -0.05) is 60.7 Å². The van der Waals surface area contributed by atoms with Crippen LogP contribution in [0.25, 0.3) is 0 Å². The molecule has 0 aromatic heterocycles. The number of rotatable bonds is 5. The summed E-state index contributed by atoms with van der Waals surface area (Å²) in [5.74, 6) is 0. The summed E-state index contributed by atoms with van der Waals surface area (Å²) < 4.78 is 6.31. The standard InChI is InChI=1S/C23H31NO/c1-22(2,3)24-17-21(25-18-20-13-9-6-10-14-20)16-23(24,4)15-19-11-7-5-8-12-19/h5-14,21H,15-18H2,1-4H3/t21-,23-/m0/s1. The van der Waals surface area contributed by atoms with Gasteiger partial charge in [-0.3, -0.25) is 4.90 Å². The van der Waals surface area contributed by atoms with Crippen LogP contribution in [0, 0.1) is 0 Å². The van der Waals surface area contributed by atoms with Gasteiger partial charge in [0.15, 0.2) is 0 Å². The predicted molar refractivity (Wildman–Crippen MR) is 105 cm³/mol. The number of nitrogens with zero attached hydrogens (tertiary/aromatic N) is 1. The normalized spacial score (nSPS) is 24.6. The van der Waals surface area contributed by atoms with Crippen molar-refractivity contribution in [3.8, 4) is 0 Å². The summed E-state index contributed by atoms with van der Waals surface area (Å²) in [6.45, 7) is 11.0. The van der Waals surface area contributed by atoms with Gasteiger partial charge in [-0.05, 0) is 51.7 Å². The highest BCUT2D eigenvalue weighted by Gasteiger charge is 2.46. The first-order valence-corrected chi connectivity index (χ1v) is 9.34. The molecule has 134 valence electrons. The van der Waals surface area contributed by atoms with Gasteiger partial charge in [0.1, 0.15) is 0 Å². The predicted octanol–water partition coefficient (Wildman–Crippen LogP) is 5.08. The van der Waals surface area contributed by atoms with E-state index in [1.807, 2.05) is 0 Å². The summed E-state index contributed by atoms with van der Waals surface area (Å²) in [7, 11) is 0. The second kappa shape index (κ2) is 7.31. The van der Waals surface area contributed by atoms with E-state index >= 15 is 0 Å². The second-order valence-electron chi connectivity index (χ2n) is 8.56. The fraction of sp³-hybridized carbons (Fsp3) is 0.478. The third-order valence-corrected chi connectivity index (χ3v) is 5.27. The van der Waals surface area contributed by atoms with Crippen LogP contribution in [-0.4, -0.2) is 28.6 Å². The van der Waals surface area contributed by atoms with Gasteiger partial charge < -0.3 is 4.74 Å². The van der Waals surface area contributed by atoms with E-state index in [0.717, 1.165) is 19.4 Å². The highest BCUT2D eigenvalue weighted by molar-refractivity contribution is 5.20. The second-order valence-corrected chi connectivity index (χ2v) is 8.56. The zero-order chi connectivity index (χ0) is 17.9. The molecule has 2 atom stereocenters. The van der Waals surface area contributed by atoms with Gasteiger partial charge >= 0.3 is 0 Å². The lowest BCUT2D eigenvalue weighted by atomic mass is 9.87. The Bertz CT molecular complexity index is 661. The first kappa shape index (κ1) is 18.2. The van der Waals surface area contributed by atoms with Crippen LogP contribution >= 0.6 is 0 Å². The Hall–Kier alpha value is -1.64. The van der Waals surface area contributed by atoms with E-state index in [-0.39, 0.29) is 17.2 Å². The molecule has 1 aliphatic rings. The maximum absolute atomic E-state index is 6.31. The molecule has 0 amide bonds. The van der Waals surface area contributed by atoms with Crippen LogP contribution < -0.4 is 0 Å². The highest BCUT2D eigenvalue weighted by Crippen LogP contribution is 2.39. The topological polar surface area (TPSA) is 12.5 Å². The molecule has 1 heterocycles. The molecule has 2 heteroatoms. The minimum atomic E-state index is 0.126. The lowest BCUT2D eigenvalue weighted by molar-refractivity contribution is 0.0313. The zero-order valence-electron chi connectivity index (χ0n) is 16.0. The fourth-order valence-corrected chi connectivity index (χ4v) is 4.28. The first-order valence-electron chi connectivity index (χ1n) is 9.34. The summed E-state index contributed by atoms with van der Waals surface area (Å²) in [4.78, 5) is 2.64. The summed E-state index contributed by atoms with van der Waals surface area (Å²) in [5.41, 5.74) is 2.92. The third kappa shape index (κ3) is 4.50. The molecular formula is C23H31NO. The van der Waals surface area contributed by atoms with Crippen LogP contribution in [0.5, 0.6) is 0 Å². The Morgan fingerprint density at radius 2 is 1.52 bits per heavy atom. The molecular weight excluding hydrogens is 306 g/mol. The van der Waals surface area contributed by atoms with Gasteiger partial charge in [-0.25, -0.2) is 0 Å². The lowest BCUT2D eigenvalue weighted by Gasteiger charge is -2.44. The molecule has 0 radical (unpaired) electrons. The van der Waals surface area contributed by atoms with Gasteiger partial charge in [0.05, 0.1) is 12.7 Å². The molecule has 0 unspecified atom stereocenters. The molecule has 0 saturated carbocycles. The number of benzene rings is 2. The van der Waals surface area contributed by atoms with Crippen LogP contribution in [0.4, 0.5) is 0 Å². The molecule has 3 rings (SSSR count). The van der Waals surface area contributed by atoms with Crippen LogP contribution in [0.3, 0.4) is 0 Å². The Kier molecular flexibility index (Phi) is 5.31. The summed E-state index contributed by atoms with van der Waals surface area (Å²) in [5, 5.41) is 0. The number of hydrogen-bond acceptors (Lipinski definition) is 2. The molecule has 1 saturated heterocycles. The summed E-state index contributed by atoms with van der Waals surface area (Å²) in [6, 6.07) is 21.3. The first-order chi connectivity index (χ1) is 11.9. The minimum absolute atomic E-state index is 0.126. The average molecular weight is 338 g/mol. The lowest BCUT2D eigenvalue weighted by Crippen LogP contribution is -2.52. The minimum Gasteiger partial charge on any atom is -0.372 e. The van der Waals surface area contributed by atoms with Crippen molar-refractivity contribution in [2.75, 3.05) is 6.54 Å². The van der Waals surface area contributed by atoms with Crippen LogP contribution in [0.15, 0.2) is 60.7 Å². The number of hydrogen-bond donors (Lipinski definition) is 0. The molecule has 25 heavy (non-hydrogen) atoms. The van der Waals surface area contributed by atoms with E-state index in [2.05, 4.69) is 93.3 Å². The van der Waals surface area contributed by atoms with Gasteiger partial charge in [0, 0.05) is 17.6 Å². The Labute approximate surface area is 152 Å². The third-order valence-electron chi connectivity index (χ3n) is 5.27. The van der Waals surface area contributed by atoms with Crippen molar-refractivity contribution in [3.63, 3.8) is 0 Å². The van der Waals surface area contributed by atoms with E-state index in [0.29, 0.717) is 6.61 Å². The smallest absolute Gasteiger partial charge is 0.0724 e. The fourth-order valence-electron chi connectivity index (χ4n) is 4.28. The van der Waals surface area contributed by atoms with Gasteiger partial charge in [0.2, 0.25) is 0 Å². The summed E-state index contributed by atoms with van der Waals surface area (Å²) >= 11 is 0. The van der Waals surface area contributed by atoms with Crippen molar-refractivity contribution in [1.82, 2.24) is 4.90 Å². The molecule has 0 bridgehead atoms. The van der Waals surface area contributed by atoms with Crippen LogP contribution in [0.1, 0.15) is 45.2 Å². The van der Waals surface area contributed by atoms with E-state index < -0.39 is 0 Å². The largest absolute Gasteiger partial charge is 0.372 e. The van der Waals surface area contributed by atoms with Crippen molar-refractivity contribution in [3.05, 3.63) is 71.8 Å². The zero-order valence-corrected chi connectivity index (χ0v) is 16.0. The number of ether oxygens (including phenoxy) is 1. The molecule has 0 N–H and O–H groups in total. The maximum atomic E-state index is 6.31. The van der Waals surface area contributed by atoms with Gasteiger partial charge in [-0.15, -0.1) is 0 Å². The van der Waals surface area contributed by atoms with Crippen molar-refractivity contribution in [2.45, 2.75) is 64.3 Å². The molecule has 0 spiro atoms. The average Bonchev–Trinajstić information content (AvgIpc) is 2.91. The Morgan fingerprint density at radius 1 is 0.960 bits per heavy atom. The van der Waals surface area contributed by atoms with Crippen molar-refractivity contribution in [2.24, 2.45) is 0 Å². The monoisotopic (exact) mass is 337 g/mol. The maximum Gasteiger partial charge on any atom is 0.0724 e. The molecule has 1 fully saturated rings. The molecule has 1 aliphatic heterocycles.